The van der Waals surface area contributed by atoms with Gasteiger partial charge in [0.25, 0.3) is 0 Å². The zero-order valence-electron chi connectivity index (χ0n) is 12.6. The van der Waals surface area contributed by atoms with Crippen LogP contribution in [0.1, 0.15) is 29.4 Å². The summed E-state index contributed by atoms with van der Waals surface area (Å²) < 4.78 is 32.3. The van der Waals surface area contributed by atoms with Gasteiger partial charge in [-0.2, -0.15) is 0 Å². The Labute approximate surface area is 130 Å². The number of nitrogens with zero attached hydrogens (tertiary/aromatic N) is 1. The fourth-order valence-corrected chi connectivity index (χ4v) is 3.82. The van der Waals surface area contributed by atoms with Gasteiger partial charge < -0.3 is 9.63 Å². The van der Waals surface area contributed by atoms with Crippen LogP contribution in [0.3, 0.4) is 0 Å². The van der Waals surface area contributed by atoms with Crippen molar-refractivity contribution in [1.29, 1.82) is 0 Å². The first kappa shape index (κ1) is 16.7. The minimum absolute atomic E-state index is 0.00733. The van der Waals surface area contributed by atoms with E-state index in [4.69, 9.17) is 4.52 Å². The van der Waals surface area contributed by atoms with Crippen molar-refractivity contribution in [1.82, 2.24) is 9.88 Å². The molecule has 0 bridgehead atoms. The Bertz CT molecular complexity index is 691. The van der Waals surface area contributed by atoms with Gasteiger partial charge in [-0.3, -0.25) is 0 Å². The van der Waals surface area contributed by atoms with Crippen molar-refractivity contribution in [2.45, 2.75) is 31.1 Å². The van der Waals surface area contributed by atoms with E-state index in [0.717, 1.165) is 5.56 Å². The first-order valence-electron chi connectivity index (χ1n) is 7.04. The highest BCUT2D eigenvalue weighted by Crippen LogP contribution is 2.22. The van der Waals surface area contributed by atoms with Crippen molar-refractivity contribution in [2.24, 2.45) is 0 Å². The first-order chi connectivity index (χ1) is 10.5. The lowest BCUT2D eigenvalue weighted by Gasteiger charge is -2.17. The maximum absolute atomic E-state index is 12.4. The highest BCUT2D eigenvalue weighted by molar-refractivity contribution is 7.89. The molecule has 2 N–H and O–H groups in total. The molecule has 0 aliphatic heterocycles. The number of sulfonamides is 1. The van der Waals surface area contributed by atoms with E-state index in [0.29, 0.717) is 12.1 Å². The zero-order valence-corrected chi connectivity index (χ0v) is 13.4. The lowest BCUT2D eigenvalue weighted by molar-refractivity contribution is 0.275. The van der Waals surface area contributed by atoms with Crippen LogP contribution in [0.4, 0.5) is 0 Å². The molecule has 0 radical (unpaired) electrons. The summed E-state index contributed by atoms with van der Waals surface area (Å²) in [5.41, 5.74) is 1.32. The van der Waals surface area contributed by atoms with E-state index >= 15 is 0 Å². The average molecular weight is 324 g/mol. The molecule has 22 heavy (non-hydrogen) atoms. The quantitative estimate of drug-likeness (QED) is 0.809. The average Bonchev–Trinajstić information content (AvgIpc) is 2.84. The Morgan fingerprint density at radius 1 is 1.27 bits per heavy atom. The molecule has 1 heterocycles. The van der Waals surface area contributed by atoms with Crippen molar-refractivity contribution >= 4 is 10.0 Å². The highest BCUT2D eigenvalue weighted by Gasteiger charge is 2.25. The van der Waals surface area contributed by atoms with Crippen molar-refractivity contribution in [3.8, 4) is 0 Å². The third-order valence-electron chi connectivity index (χ3n) is 3.50. The van der Waals surface area contributed by atoms with Crippen molar-refractivity contribution in [3.05, 3.63) is 47.3 Å². The number of aliphatic hydroxyl groups excluding tert-OH is 1. The second-order valence-electron chi connectivity index (χ2n) is 5.13. The minimum Gasteiger partial charge on any atom is -0.396 e. The predicted octanol–water partition coefficient (Wildman–Crippen LogP) is 1.74. The van der Waals surface area contributed by atoms with Crippen LogP contribution in [0.15, 0.2) is 39.8 Å². The molecule has 0 spiro atoms. The van der Waals surface area contributed by atoms with E-state index in [1.54, 1.807) is 13.8 Å². The molecule has 0 saturated carbocycles. The van der Waals surface area contributed by atoms with Crippen LogP contribution >= 0.6 is 0 Å². The largest absolute Gasteiger partial charge is 0.396 e. The Morgan fingerprint density at radius 3 is 2.50 bits per heavy atom. The van der Waals surface area contributed by atoms with Crippen molar-refractivity contribution < 1.29 is 18.0 Å². The lowest BCUT2D eigenvalue weighted by atomic mass is 9.96. The second kappa shape index (κ2) is 7.04. The number of benzene rings is 1. The van der Waals surface area contributed by atoms with Gasteiger partial charge in [0.05, 0.1) is 0 Å². The molecule has 1 unspecified atom stereocenters. The molecular weight excluding hydrogens is 304 g/mol. The molecule has 2 rings (SSSR count). The molecule has 0 aliphatic rings. The van der Waals surface area contributed by atoms with Crippen LogP contribution in [0.2, 0.25) is 0 Å². The fourth-order valence-electron chi connectivity index (χ4n) is 2.41. The van der Waals surface area contributed by atoms with Gasteiger partial charge in [0.15, 0.2) is 5.76 Å². The molecule has 0 aliphatic carbocycles. The van der Waals surface area contributed by atoms with E-state index in [1.165, 1.54) is 0 Å². The molecule has 1 aromatic carbocycles. The van der Waals surface area contributed by atoms with E-state index in [-0.39, 0.29) is 29.7 Å². The van der Waals surface area contributed by atoms with Crippen molar-refractivity contribution in [3.63, 3.8) is 0 Å². The standard InChI is InChI=1S/C15H20N2O4S/c1-11-15(12(2)21-17-11)22(19,20)16-10-14(8-9-18)13-6-4-3-5-7-13/h3-7,14,16,18H,8-10H2,1-2H3. The van der Waals surface area contributed by atoms with Gasteiger partial charge in [-0.05, 0) is 31.7 Å². The summed E-state index contributed by atoms with van der Waals surface area (Å²) in [7, 11) is -3.69. The molecular formula is C15H20N2O4S. The number of aryl methyl sites for hydroxylation is 2. The smallest absolute Gasteiger partial charge is 0.245 e. The van der Waals surface area contributed by atoms with Crippen LogP contribution in [-0.2, 0) is 10.0 Å². The molecule has 1 aromatic heterocycles. The summed E-state index contributed by atoms with van der Waals surface area (Å²) >= 11 is 0. The summed E-state index contributed by atoms with van der Waals surface area (Å²) in [5.74, 6) is 0.171. The second-order valence-corrected chi connectivity index (χ2v) is 6.83. The molecule has 2 aromatic rings. The molecule has 1 atom stereocenters. The third-order valence-corrected chi connectivity index (χ3v) is 5.17. The maximum atomic E-state index is 12.4. The van der Waals surface area contributed by atoms with E-state index in [2.05, 4.69) is 9.88 Å². The van der Waals surface area contributed by atoms with Gasteiger partial charge in [0, 0.05) is 13.2 Å². The number of aliphatic hydroxyl groups is 1. The molecule has 0 saturated heterocycles. The predicted molar refractivity (Wildman–Crippen MR) is 82.1 cm³/mol. The normalized spacial score (nSPS) is 13.2. The molecule has 0 amide bonds. The van der Waals surface area contributed by atoms with E-state index < -0.39 is 10.0 Å². The van der Waals surface area contributed by atoms with Crippen molar-refractivity contribution in [2.75, 3.05) is 13.2 Å². The third kappa shape index (κ3) is 3.73. The summed E-state index contributed by atoms with van der Waals surface area (Å²) in [5, 5.41) is 12.9. The number of hydrogen-bond donors (Lipinski definition) is 2. The van der Waals surface area contributed by atoms with Gasteiger partial charge in [-0.15, -0.1) is 0 Å². The van der Waals surface area contributed by atoms with Crippen LogP contribution < -0.4 is 4.72 Å². The van der Waals surface area contributed by atoms with E-state index in [1.807, 2.05) is 30.3 Å². The minimum atomic E-state index is -3.69. The van der Waals surface area contributed by atoms with Crippen LogP contribution in [0, 0.1) is 13.8 Å². The highest BCUT2D eigenvalue weighted by atomic mass is 32.2. The van der Waals surface area contributed by atoms with Gasteiger partial charge in [-0.1, -0.05) is 35.5 Å². The SMILES string of the molecule is Cc1noc(C)c1S(=O)(=O)NCC(CCO)c1ccccc1. The number of nitrogens with one attached hydrogen (secondary N) is 1. The van der Waals surface area contributed by atoms with Gasteiger partial charge >= 0.3 is 0 Å². The fraction of sp³-hybridized carbons (Fsp3) is 0.400. The number of aromatic nitrogens is 1. The Hall–Kier alpha value is -1.70. The summed E-state index contributed by atoms with van der Waals surface area (Å²) in [6.45, 7) is 3.36. The van der Waals surface area contributed by atoms with E-state index in [9.17, 15) is 13.5 Å². The molecule has 0 fully saturated rings. The number of hydrogen-bond acceptors (Lipinski definition) is 5. The Kier molecular flexibility index (Phi) is 5.33. The summed E-state index contributed by atoms with van der Waals surface area (Å²) in [4.78, 5) is 0.0864. The molecule has 6 nitrogen and oxygen atoms in total. The topological polar surface area (TPSA) is 92.4 Å². The molecule has 120 valence electrons. The summed E-state index contributed by atoms with van der Waals surface area (Å²) in [6, 6.07) is 9.52. The zero-order chi connectivity index (χ0) is 16.2. The Morgan fingerprint density at radius 2 is 1.95 bits per heavy atom. The number of rotatable bonds is 7. The van der Waals surface area contributed by atoms with Crippen LogP contribution in [0.5, 0.6) is 0 Å². The monoisotopic (exact) mass is 324 g/mol. The first-order valence-corrected chi connectivity index (χ1v) is 8.52. The maximum Gasteiger partial charge on any atom is 0.245 e. The van der Waals surface area contributed by atoms with Crippen LogP contribution in [0.25, 0.3) is 0 Å². The van der Waals surface area contributed by atoms with Gasteiger partial charge in [0.1, 0.15) is 10.6 Å². The molecule has 7 heteroatoms. The van der Waals surface area contributed by atoms with Gasteiger partial charge in [0.2, 0.25) is 10.0 Å². The van der Waals surface area contributed by atoms with Gasteiger partial charge in [-0.25, -0.2) is 13.1 Å². The van der Waals surface area contributed by atoms with Crippen LogP contribution in [-0.4, -0.2) is 31.8 Å². The summed E-state index contributed by atoms with van der Waals surface area (Å²) in [6.07, 6.45) is 0.480. The lowest BCUT2D eigenvalue weighted by Crippen LogP contribution is -2.29. The Balaban J connectivity index is 2.16.